The van der Waals surface area contributed by atoms with Crippen molar-refractivity contribution in [1.29, 1.82) is 0 Å². The van der Waals surface area contributed by atoms with E-state index in [2.05, 4.69) is 5.32 Å². The fourth-order valence-corrected chi connectivity index (χ4v) is 7.45. The van der Waals surface area contributed by atoms with E-state index in [1.807, 2.05) is 30.3 Å². The van der Waals surface area contributed by atoms with Gasteiger partial charge < -0.3 is 15.0 Å². The van der Waals surface area contributed by atoms with Crippen molar-refractivity contribution in [3.8, 4) is 5.75 Å². The molecule has 1 aliphatic rings. The Balaban J connectivity index is 1.59. The lowest BCUT2D eigenvalue weighted by atomic mass is 10.0. The van der Waals surface area contributed by atoms with Crippen LogP contribution in [0.3, 0.4) is 0 Å². The van der Waals surface area contributed by atoms with Crippen LogP contribution < -0.4 is 14.4 Å². The molecule has 11 heteroatoms. The number of anilines is 1. The molecule has 8 nitrogen and oxygen atoms in total. The van der Waals surface area contributed by atoms with E-state index < -0.39 is 34.3 Å². The number of rotatable bonds is 14. The summed E-state index contributed by atoms with van der Waals surface area (Å²) in [5.41, 5.74) is 1.58. The quantitative estimate of drug-likeness (QED) is 0.158. The first-order valence-corrected chi connectivity index (χ1v) is 17.9. The maximum atomic E-state index is 14.7. The average Bonchev–Trinajstić information content (AvgIpc) is 3.60. The number of nitrogens with zero attached hydrogens (tertiary/aromatic N) is 2. The van der Waals surface area contributed by atoms with Gasteiger partial charge in [-0.3, -0.25) is 13.9 Å². The number of halogens is 2. The first-order valence-electron chi connectivity index (χ1n) is 16.0. The van der Waals surface area contributed by atoms with E-state index >= 15 is 0 Å². The SMILES string of the molecule is CCOc1ccccc1N(CC(=O)N(Cc1ccc(F)cc1)[C@@H](Cc1ccccc1)C(=O)NC1CCCC1)S(=O)(=O)c1ccc(Cl)cc1. The predicted molar refractivity (Wildman–Crippen MR) is 185 cm³/mol. The van der Waals surface area contributed by atoms with Crippen LogP contribution in [0.2, 0.25) is 5.02 Å². The maximum absolute atomic E-state index is 14.7. The Bertz CT molecular complexity index is 1780. The van der Waals surface area contributed by atoms with Crippen LogP contribution in [0.15, 0.2) is 108 Å². The van der Waals surface area contributed by atoms with E-state index in [4.69, 9.17) is 16.3 Å². The van der Waals surface area contributed by atoms with E-state index in [0.717, 1.165) is 35.6 Å². The first kappa shape index (κ1) is 34.9. The molecule has 1 aliphatic carbocycles. The standard InChI is InChI=1S/C37H39ClFN3O5S/c1-2-47-35-15-9-8-14-33(35)42(48(45,46)32-22-18-29(38)19-23-32)26-36(43)41(25-28-16-20-30(39)21-17-28)34(24-27-10-4-3-5-11-27)37(44)40-31-12-6-7-13-31/h3-5,8-11,14-23,31,34H,2,6-7,12-13,24-26H2,1H3,(H,40,44)/t34-/m0/s1. The number of carbonyl (C=O) groups excluding carboxylic acids is 2. The van der Waals surface area contributed by atoms with Gasteiger partial charge in [0.15, 0.2) is 0 Å². The Hall–Kier alpha value is -4.41. The fourth-order valence-electron chi connectivity index (χ4n) is 5.90. The molecule has 0 radical (unpaired) electrons. The van der Waals surface area contributed by atoms with Crippen LogP contribution in [-0.2, 0) is 32.6 Å². The lowest BCUT2D eigenvalue weighted by molar-refractivity contribution is -0.140. The molecule has 0 bridgehead atoms. The van der Waals surface area contributed by atoms with Crippen molar-refractivity contribution in [3.63, 3.8) is 0 Å². The summed E-state index contributed by atoms with van der Waals surface area (Å²) < 4.78 is 49.4. The highest BCUT2D eigenvalue weighted by molar-refractivity contribution is 7.92. The van der Waals surface area contributed by atoms with Gasteiger partial charge in [0.25, 0.3) is 10.0 Å². The molecule has 0 aliphatic heterocycles. The van der Waals surface area contributed by atoms with Crippen LogP contribution in [0.25, 0.3) is 0 Å². The van der Waals surface area contributed by atoms with Gasteiger partial charge in [0.05, 0.1) is 17.2 Å². The zero-order valence-corrected chi connectivity index (χ0v) is 28.3. The monoisotopic (exact) mass is 691 g/mol. The van der Waals surface area contributed by atoms with Gasteiger partial charge >= 0.3 is 0 Å². The van der Waals surface area contributed by atoms with Crippen LogP contribution >= 0.6 is 11.6 Å². The second-order valence-corrected chi connectivity index (χ2v) is 14.0. The number of hydrogen-bond donors (Lipinski definition) is 1. The zero-order chi connectivity index (χ0) is 34.1. The second-order valence-electron chi connectivity index (χ2n) is 11.7. The van der Waals surface area contributed by atoms with Gasteiger partial charge in [-0.1, -0.05) is 79.0 Å². The van der Waals surface area contributed by atoms with E-state index in [1.54, 1.807) is 43.3 Å². The molecule has 0 spiro atoms. The summed E-state index contributed by atoms with van der Waals surface area (Å²) >= 11 is 6.08. The van der Waals surface area contributed by atoms with Crippen molar-refractivity contribution < 1.29 is 27.1 Å². The van der Waals surface area contributed by atoms with Crippen LogP contribution in [0, 0.1) is 5.82 Å². The molecule has 5 rings (SSSR count). The first-order chi connectivity index (χ1) is 23.2. The molecule has 0 saturated heterocycles. The third kappa shape index (κ3) is 8.73. The molecule has 0 heterocycles. The Kier molecular flexibility index (Phi) is 11.7. The number of ether oxygens (including phenoxy) is 1. The molecule has 4 aromatic rings. The third-order valence-corrected chi connectivity index (χ3v) is 10.4. The highest BCUT2D eigenvalue weighted by Gasteiger charge is 2.36. The summed E-state index contributed by atoms with van der Waals surface area (Å²) in [6.45, 7) is 1.34. The van der Waals surface area contributed by atoms with Gasteiger partial charge in [0.2, 0.25) is 11.8 Å². The van der Waals surface area contributed by atoms with Crippen LogP contribution in [0.5, 0.6) is 5.75 Å². The Morgan fingerprint density at radius 2 is 1.54 bits per heavy atom. The van der Waals surface area contributed by atoms with Crippen molar-refractivity contribution in [1.82, 2.24) is 10.2 Å². The largest absolute Gasteiger partial charge is 0.492 e. The number of benzene rings is 4. The van der Waals surface area contributed by atoms with Crippen molar-refractivity contribution in [2.75, 3.05) is 17.5 Å². The van der Waals surface area contributed by atoms with Crippen molar-refractivity contribution >= 4 is 39.1 Å². The van der Waals surface area contributed by atoms with Crippen molar-refractivity contribution in [3.05, 3.63) is 125 Å². The average molecular weight is 692 g/mol. The van der Waals surface area contributed by atoms with Gasteiger partial charge in [-0.25, -0.2) is 12.8 Å². The Morgan fingerprint density at radius 1 is 0.896 bits per heavy atom. The second kappa shape index (κ2) is 16.1. The van der Waals surface area contributed by atoms with E-state index in [1.165, 1.54) is 41.3 Å². The minimum atomic E-state index is -4.35. The summed E-state index contributed by atoms with van der Waals surface area (Å²) in [7, 11) is -4.35. The van der Waals surface area contributed by atoms with Crippen LogP contribution in [-0.4, -0.2) is 50.4 Å². The zero-order valence-electron chi connectivity index (χ0n) is 26.7. The minimum absolute atomic E-state index is 0.0154. The van der Waals surface area contributed by atoms with Gasteiger partial charge in [-0.15, -0.1) is 0 Å². The Labute approximate surface area is 286 Å². The minimum Gasteiger partial charge on any atom is -0.492 e. The molecule has 1 N–H and O–H groups in total. The normalized spacial score (nSPS) is 13.9. The molecule has 0 aromatic heterocycles. The van der Waals surface area contributed by atoms with Crippen LogP contribution in [0.4, 0.5) is 10.1 Å². The summed E-state index contributed by atoms with van der Waals surface area (Å²) in [5, 5.41) is 3.50. The molecule has 1 fully saturated rings. The summed E-state index contributed by atoms with van der Waals surface area (Å²) in [6, 6.07) is 26.3. The predicted octanol–water partition coefficient (Wildman–Crippen LogP) is 6.77. The highest BCUT2D eigenvalue weighted by Crippen LogP contribution is 2.33. The third-order valence-electron chi connectivity index (χ3n) is 8.35. The molecule has 0 unspecified atom stereocenters. The molecule has 2 amide bonds. The highest BCUT2D eigenvalue weighted by atomic mass is 35.5. The molecular formula is C37H39ClFN3O5S. The number of para-hydroxylation sites is 2. The van der Waals surface area contributed by atoms with E-state index in [9.17, 15) is 22.4 Å². The lowest BCUT2D eigenvalue weighted by Crippen LogP contribution is -2.54. The van der Waals surface area contributed by atoms with Gasteiger partial charge in [-0.05, 0) is 79.4 Å². The summed E-state index contributed by atoms with van der Waals surface area (Å²) in [5.74, 6) is -1.12. The number of nitrogens with one attached hydrogen (secondary N) is 1. The van der Waals surface area contributed by atoms with Gasteiger partial charge in [0, 0.05) is 24.0 Å². The Morgan fingerprint density at radius 3 is 2.21 bits per heavy atom. The van der Waals surface area contributed by atoms with Crippen molar-refractivity contribution in [2.24, 2.45) is 0 Å². The molecule has 4 aromatic carbocycles. The smallest absolute Gasteiger partial charge is 0.264 e. The number of carbonyl (C=O) groups is 2. The molecule has 252 valence electrons. The molecule has 1 saturated carbocycles. The summed E-state index contributed by atoms with van der Waals surface area (Å²) in [4.78, 5) is 30.1. The molecule has 48 heavy (non-hydrogen) atoms. The van der Waals surface area contributed by atoms with Gasteiger partial charge in [-0.2, -0.15) is 0 Å². The van der Waals surface area contributed by atoms with Crippen molar-refractivity contribution in [2.45, 2.75) is 62.6 Å². The van der Waals surface area contributed by atoms with Crippen LogP contribution in [0.1, 0.15) is 43.7 Å². The summed E-state index contributed by atoms with van der Waals surface area (Å²) in [6.07, 6.45) is 3.88. The fraction of sp³-hybridized carbons (Fsp3) is 0.297. The number of sulfonamides is 1. The van der Waals surface area contributed by atoms with E-state index in [0.29, 0.717) is 10.6 Å². The number of hydrogen-bond acceptors (Lipinski definition) is 5. The number of amides is 2. The molecule has 1 atom stereocenters. The maximum Gasteiger partial charge on any atom is 0.264 e. The molecular weight excluding hydrogens is 653 g/mol. The lowest BCUT2D eigenvalue weighted by Gasteiger charge is -2.34. The van der Waals surface area contributed by atoms with E-state index in [-0.39, 0.29) is 47.9 Å². The van der Waals surface area contributed by atoms with Gasteiger partial charge in [0.1, 0.15) is 24.2 Å². The topological polar surface area (TPSA) is 96.0 Å².